The van der Waals surface area contributed by atoms with Crippen molar-refractivity contribution in [1.29, 1.82) is 0 Å². The van der Waals surface area contributed by atoms with Gasteiger partial charge in [-0.15, -0.1) is 0 Å². The predicted octanol–water partition coefficient (Wildman–Crippen LogP) is 4.31. The molecule has 1 aliphatic heterocycles. The monoisotopic (exact) mass is 403 g/mol. The van der Waals surface area contributed by atoms with Gasteiger partial charge in [0, 0.05) is 11.8 Å². The molecule has 144 valence electrons. The van der Waals surface area contributed by atoms with E-state index in [9.17, 15) is 4.79 Å². The quantitative estimate of drug-likeness (QED) is 0.508. The van der Waals surface area contributed by atoms with Crippen LogP contribution in [0.3, 0.4) is 0 Å². The summed E-state index contributed by atoms with van der Waals surface area (Å²) >= 11 is 1.49. The van der Waals surface area contributed by atoms with Crippen LogP contribution in [-0.4, -0.2) is 29.1 Å². The van der Waals surface area contributed by atoms with Gasteiger partial charge in [0.2, 0.25) is 0 Å². The van der Waals surface area contributed by atoms with Gasteiger partial charge in [0.05, 0.1) is 22.5 Å². The largest absolute Gasteiger partial charge is 0.486 e. The molecule has 0 spiro atoms. The lowest BCUT2D eigenvalue weighted by Crippen LogP contribution is -2.31. The summed E-state index contributed by atoms with van der Waals surface area (Å²) in [7, 11) is 0. The van der Waals surface area contributed by atoms with E-state index in [1.54, 1.807) is 29.3 Å². The first-order valence-corrected chi connectivity index (χ1v) is 10.1. The number of nitrogens with zero attached hydrogens (tertiary/aromatic N) is 3. The highest BCUT2D eigenvalue weighted by molar-refractivity contribution is 7.22. The highest BCUT2D eigenvalue weighted by Crippen LogP contribution is 2.34. The maximum atomic E-state index is 13.5. The van der Waals surface area contributed by atoms with Gasteiger partial charge in [0.1, 0.15) is 13.2 Å². The van der Waals surface area contributed by atoms with Crippen LogP contribution < -0.4 is 14.4 Å². The standard InChI is InChI=1S/C22H17N3O3S/c26-21(15-8-9-18-19(13-15)28-12-11-27-18)25(14-16-5-3-4-10-23-16)22-24-17-6-1-2-7-20(17)29-22/h1-10,13H,11-12,14H2. The van der Waals surface area contributed by atoms with Gasteiger partial charge in [0.25, 0.3) is 5.91 Å². The molecule has 2 aromatic carbocycles. The topological polar surface area (TPSA) is 64.6 Å². The summed E-state index contributed by atoms with van der Waals surface area (Å²) in [6.07, 6.45) is 1.72. The second-order valence-electron chi connectivity index (χ2n) is 6.53. The van der Waals surface area contributed by atoms with E-state index >= 15 is 0 Å². The Hall–Kier alpha value is -3.45. The van der Waals surface area contributed by atoms with Gasteiger partial charge >= 0.3 is 0 Å². The third kappa shape index (κ3) is 3.52. The first-order valence-electron chi connectivity index (χ1n) is 9.25. The van der Waals surface area contributed by atoms with Crippen LogP contribution in [0.4, 0.5) is 5.13 Å². The molecule has 0 atom stereocenters. The maximum Gasteiger partial charge on any atom is 0.260 e. The summed E-state index contributed by atoms with van der Waals surface area (Å²) in [5.41, 5.74) is 2.18. The molecule has 0 saturated heterocycles. The van der Waals surface area contributed by atoms with Gasteiger partial charge in [-0.3, -0.25) is 14.7 Å². The van der Waals surface area contributed by atoms with E-state index in [0.717, 1.165) is 15.9 Å². The second-order valence-corrected chi connectivity index (χ2v) is 7.54. The number of hydrogen-bond donors (Lipinski definition) is 0. The minimum Gasteiger partial charge on any atom is -0.486 e. The first-order chi connectivity index (χ1) is 14.3. The predicted molar refractivity (Wildman–Crippen MR) is 112 cm³/mol. The Bertz CT molecular complexity index is 1140. The van der Waals surface area contributed by atoms with Crippen molar-refractivity contribution in [2.24, 2.45) is 0 Å². The van der Waals surface area contributed by atoms with Crippen molar-refractivity contribution in [1.82, 2.24) is 9.97 Å². The van der Waals surface area contributed by atoms with Crippen LogP contribution >= 0.6 is 11.3 Å². The number of aromatic nitrogens is 2. The minimum atomic E-state index is -0.160. The second kappa shape index (κ2) is 7.52. The van der Waals surface area contributed by atoms with E-state index in [1.165, 1.54) is 11.3 Å². The molecule has 7 heteroatoms. The van der Waals surface area contributed by atoms with Gasteiger partial charge in [-0.25, -0.2) is 4.98 Å². The van der Waals surface area contributed by atoms with Crippen LogP contribution in [0.15, 0.2) is 66.9 Å². The number of amides is 1. The van der Waals surface area contributed by atoms with E-state index in [-0.39, 0.29) is 5.91 Å². The van der Waals surface area contributed by atoms with Gasteiger partial charge in [-0.1, -0.05) is 29.5 Å². The number of hydrogen-bond acceptors (Lipinski definition) is 6. The number of carbonyl (C=O) groups is 1. The lowest BCUT2D eigenvalue weighted by molar-refractivity contribution is 0.0983. The molecule has 6 nitrogen and oxygen atoms in total. The molecular formula is C22H17N3O3S. The maximum absolute atomic E-state index is 13.5. The summed E-state index contributed by atoms with van der Waals surface area (Å²) in [5.74, 6) is 1.08. The summed E-state index contributed by atoms with van der Waals surface area (Å²) in [4.78, 5) is 24.2. The third-order valence-electron chi connectivity index (χ3n) is 4.59. The Morgan fingerprint density at radius 2 is 1.83 bits per heavy atom. The molecule has 0 radical (unpaired) electrons. The van der Waals surface area contributed by atoms with Gasteiger partial charge in [-0.05, 0) is 42.5 Å². The van der Waals surface area contributed by atoms with E-state index in [0.29, 0.717) is 42.0 Å². The summed E-state index contributed by atoms with van der Waals surface area (Å²) < 4.78 is 12.2. The number of thiazole rings is 1. The Kier molecular flexibility index (Phi) is 4.57. The van der Waals surface area contributed by atoms with E-state index < -0.39 is 0 Å². The number of fused-ring (bicyclic) bond motifs is 2. The lowest BCUT2D eigenvalue weighted by Gasteiger charge is -2.22. The van der Waals surface area contributed by atoms with Crippen LogP contribution in [0, 0.1) is 0 Å². The molecular weight excluding hydrogens is 386 g/mol. The average molecular weight is 403 g/mol. The zero-order chi connectivity index (χ0) is 19.6. The first kappa shape index (κ1) is 17.6. The van der Waals surface area contributed by atoms with Gasteiger partial charge in [-0.2, -0.15) is 0 Å². The molecule has 0 N–H and O–H groups in total. The van der Waals surface area contributed by atoms with Crippen LogP contribution in [0.1, 0.15) is 16.1 Å². The number of benzene rings is 2. The Balaban J connectivity index is 1.54. The Labute approximate surface area is 171 Å². The molecule has 0 bridgehead atoms. The van der Waals surface area contributed by atoms with E-state index in [4.69, 9.17) is 9.47 Å². The highest BCUT2D eigenvalue weighted by Gasteiger charge is 2.24. The summed E-state index contributed by atoms with van der Waals surface area (Å²) in [5, 5.41) is 0.636. The van der Waals surface area contributed by atoms with Crippen LogP contribution in [0.2, 0.25) is 0 Å². The zero-order valence-corrected chi connectivity index (χ0v) is 16.3. The number of rotatable bonds is 4. The highest BCUT2D eigenvalue weighted by atomic mass is 32.1. The number of para-hydroxylation sites is 1. The zero-order valence-electron chi connectivity index (χ0n) is 15.4. The smallest absolute Gasteiger partial charge is 0.260 e. The van der Waals surface area contributed by atoms with Gasteiger partial charge in [0.15, 0.2) is 16.6 Å². The fourth-order valence-corrected chi connectivity index (χ4v) is 4.15. The van der Waals surface area contributed by atoms with Crippen molar-refractivity contribution < 1.29 is 14.3 Å². The molecule has 0 saturated carbocycles. The normalized spacial score (nSPS) is 12.7. The summed E-state index contributed by atoms with van der Waals surface area (Å²) in [6.45, 7) is 1.31. The van der Waals surface area contributed by atoms with Crippen molar-refractivity contribution in [3.63, 3.8) is 0 Å². The Morgan fingerprint density at radius 3 is 2.66 bits per heavy atom. The molecule has 5 rings (SSSR count). The van der Waals surface area contributed by atoms with Gasteiger partial charge < -0.3 is 9.47 Å². The average Bonchev–Trinajstić information content (AvgIpc) is 3.21. The number of ether oxygens (including phenoxy) is 2. The molecule has 29 heavy (non-hydrogen) atoms. The van der Waals surface area contributed by atoms with Crippen molar-refractivity contribution in [3.05, 3.63) is 78.1 Å². The van der Waals surface area contributed by atoms with Crippen LogP contribution in [0.25, 0.3) is 10.2 Å². The fourth-order valence-electron chi connectivity index (χ4n) is 3.19. The molecule has 2 aromatic heterocycles. The van der Waals surface area contributed by atoms with Crippen molar-refractivity contribution in [2.75, 3.05) is 18.1 Å². The SMILES string of the molecule is O=C(c1ccc2c(c1)OCCO2)N(Cc1ccccn1)c1nc2ccccc2s1. The molecule has 1 amide bonds. The number of anilines is 1. The molecule has 0 fully saturated rings. The lowest BCUT2D eigenvalue weighted by atomic mass is 10.1. The van der Waals surface area contributed by atoms with Crippen molar-refractivity contribution >= 4 is 32.6 Å². The molecule has 3 heterocycles. The van der Waals surface area contributed by atoms with E-state index in [1.807, 2.05) is 42.5 Å². The van der Waals surface area contributed by atoms with Crippen LogP contribution in [-0.2, 0) is 6.54 Å². The molecule has 1 aliphatic rings. The van der Waals surface area contributed by atoms with Crippen LogP contribution in [0.5, 0.6) is 11.5 Å². The molecule has 0 unspecified atom stereocenters. The fraction of sp³-hybridized carbons (Fsp3) is 0.136. The molecule has 4 aromatic rings. The number of pyridine rings is 1. The van der Waals surface area contributed by atoms with Crippen molar-refractivity contribution in [3.8, 4) is 11.5 Å². The van der Waals surface area contributed by atoms with E-state index in [2.05, 4.69) is 9.97 Å². The molecule has 0 aliphatic carbocycles. The van der Waals surface area contributed by atoms with Crippen molar-refractivity contribution in [2.45, 2.75) is 6.54 Å². The minimum absolute atomic E-state index is 0.160. The summed E-state index contributed by atoms with van der Waals surface area (Å²) in [6, 6.07) is 18.8. The number of carbonyl (C=O) groups excluding carboxylic acids is 1. The third-order valence-corrected chi connectivity index (χ3v) is 5.65. The Morgan fingerprint density at radius 1 is 1.00 bits per heavy atom.